The summed E-state index contributed by atoms with van der Waals surface area (Å²) in [6.07, 6.45) is 0. The van der Waals surface area contributed by atoms with Crippen molar-refractivity contribution in [3.05, 3.63) is 66.0 Å². The van der Waals surface area contributed by atoms with E-state index in [0.29, 0.717) is 17.1 Å². The predicted molar refractivity (Wildman–Crippen MR) is 88.5 cm³/mol. The maximum Gasteiger partial charge on any atom is 0.270 e. The van der Waals surface area contributed by atoms with Crippen LogP contribution in [0.1, 0.15) is 0 Å². The Hall–Kier alpha value is -3.46. The molecule has 2 rings (SSSR count). The maximum atomic E-state index is 12.1. The molecule has 2 aromatic carbocycles. The van der Waals surface area contributed by atoms with E-state index in [9.17, 15) is 10.1 Å². The lowest BCUT2D eigenvalue weighted by atomic mass is 10.2. The van der Waals surface area contributed by atoms with Gasteiger partial charge < -0.3 is 21.1 Å². The van der Waals surface area contributed by atoms with Gasteiger partial charge in [-0.05, 0) is 36.4 Å². The van der Waals surface area contributed by atoms with Gasteiger partial charge in [0.15, 0.2) is 5.57 Å². The van der Waals surface area contributed by atoms with Gasteiger partial charge in [-0.1, -0.05) is 18.2 Å². The summed E-state index contributed by atoms with van der Waals surface area (Å²) in [5.41, 5.74) is 6.88. The Morgan fingerprint density at radius 1 is 1.04 bits per heavy atom. The number of carbonyl (C=O) groups is 1. The van der Waals surface area contributed by atoms with Gasteiger partial charge in [-0.25, -0.2) is 0 Å². The molecular formula is C17H16N4O2. The zero-order valence-corrected chi connectivity index (χ0v) is 12.5. The smallest absolute Gasteiger partial charge is 0.270 e. The van der Waals surface area contributed by atoms with Crippen molar-refractivity contribution < 1.29 is 9.53 Å². The SMILES string of the molecule is COc1ccc(N/C(N)=C(/C#N)C(=O)Nc2ccccc2)cc1. The van der Waals surface area contributed by atoms with Crippen molar-refractivity contribution in [3.8, 4) is 11.8 Å². The Bertz CT molecular complexity index is 746. The normalized spacial score (nSPS) is 11.0. The quantitative estimate of drug-likeness (QED) is 0.582. The van der Waals surface area contributed by atoms with E-state index in [2.05, 4.69) is 10.6 Å². The first kappa shape index (κ1) is 15.9. The third kappa shape index (κ3) is 4.25. The number of para-hydroxylation sites is 1. The average molecular weight is 308 g/mol. The minimum Gasteiger partial charge on any atom is -0.497 e. The summed E-state index contributed by atoms with van der Waals surface area (Å²) in [7, 11) is 1.57. The summed E-state index contributed by atoms with van der Waals surface area (Å²) in [5, 5.41) is 14.6. The summed E-state index contributed by atoms with van der Waals surface area (Å²) >= 11 is 0. The molecule has 0 atom stereocenters. The molecule has 1 amide bonds. The summed E-state index contributed by atoms with van der Waals surface area (Å²) in [6, 6.07) is 17.6. The van der Waals surface area contributed by atoms with Crippen LogP contribution in [0.3, 0.4) is 0 Å². The Kier molecular flexibility index (Phi) is 5.21. The minimum absolute atomic E-state index is 0.0221. The predicted octanol–water partition coefficient (Wildman–Crippen LogP) is 2.44. The number of carbonyl (C=O) groups excluding carboxylic acids is 1. The van der Waals surface area contributed by atoms with Crippen molar-refractivity contribution in [2.75, 3.05) is 17.7 Å². The van der Waals surface area contributed by atoms with E-state index in [-0.39, 0.29) is 11.4 Å². The Labute approximate surface area is 134 Å². The number of ether oxygens (including phenoxy) is 1. The van der Waals surface area contributed by atoms with Crippen LogP contribution >= 0.6 is 0 Å². The number of anilines is 2. The molecule has 23 heavy (non-hydrogen) atoms. The van der Waals surface area contributed by atoms with Crippen LogP contribution in [-0.4, -0.2) is 13.0 Å². The number of nitriles is 1. The number of benzene rings is 2. The number of amides is 1. The molecule has 0 spiro atoms. The molecule has 2 aromatic rings. The molecule has 0 saturated carbocycles. The van der Waals surface area contributed by atoms with Gasteiger partial charge in [-0.15, -0.1) is 0 Å². The van der Waals surface area contributed by atoms with Crippen LogP contribution in [0.2, 0.25) is 0 Å². The van der Waals surface area contributed by atoms with Crippen LogP contribution in [0, 0.1) is 11.3 Å². The van der Waals surface area contributed by atoms with Gasteiger partial charge in [0, 0.05) is 11.4 Å². The second-order valence-electron chi connectivity index (χ2n) is 4.57. The molecular weight excluding hydrogens is 292 g/mol. The van der Waals surface area contributed by atoms with Crippen LogP contribution in [0.4, 0.5) is 11.4 Å². The van der Waals surface area contributed by atoms with Crippen molar-refractivity contribution in [1.29, 1.82) is 5.26 Å². The lowest BCUT2D eigenvalue weighted by molar-refractivity contribution is -0.112. The van der Waals surface area contributed by atoms with E-state index in [1.165, 1.54) is 0 Å². The lowest BCUT2D eigenvalue weighted by Gasteiger charge is -2.10. The third-order valence-corrected chi connectivity index (χ3v) is 3.01. The summed E-state index contributed by atoms with van der Waals surface area (Å²) in [6.45, 7) is 0. The molecule has 0 aliphatic heterocycles. The molecule has 0 aliphatic rings. The average Bonchev–Trinajstić information content (AvgIpc) is 2.57. The lowest BCUT2D eigenvalue weighted by Crippen LogP contribution is -2.21. The van der Waals surface area contributed by atoms with Crippen LogP contribution < -0.4 is 21.1 Å². The molecule has 0 fully saturated rings. The Morgan fingerprint density at radius 3 is 2.22 bits per heavy atom. The molecule has 6 heteroatoms. The molecule has 0 radical (unpaired) electrons. The number of nitrogens with zero attached hydrogens (tertiary/aromatic N) is 1. The molecule has 6 nitrogen and oxygen atoms in total. The zero-order valence-electron chi connectivity index (χ0n) is 12.5. The van der Waals surface area contributed by atoms with Crippen molar-refractivity contribution in [1.82, 2.24) is 0 Å². The Morgan fingerprint density at radius 2 is 1.65 bits per heavy atom. The number of hydrogen-bond donors (Lipinski definition) is 3. The fraction of sp³-hybridized carbons (Fsp3) is 0.0588. The van der Waals surface area contributed by atoms with Gasteiger partial charge in [0.2, 0.25) is 0 Å². The molecule has 0 aromatic heterocycles. The highest BCUT2D eigenvalue weighted by Crippen LogP contribution is 2.17. The molecule has 4 N–H and O–H groups in total. The molecule has 0 saturated heterocycles. The number of methoxy groups -OCH3 is 1. The van der Waals surface area contributed by atoms with Crippen LogP contribution in [0.15, 0.2) is 66.0 Å². The van der Waals surface area contributed by atoms with E-state index >= 15 is 0 Å². The van der Waals surface area contributed by atoms with Crippen LogP contribution in [-0.2, 0) is 4.79 Å². The number of nitrogens with one attached hydrogen (secondary N) is 2. The third-order valence-electron chi connectivity index (χ3n) is 3.01. The fourth-order valence-electron chi connectivity index (χ4n) is 1.84. The minimum atomic E-state index is -0.572. The van der Waals surface area contributed by atoms with Gasteiger partial charge in [-0.2, -0.15) is 5.26 Å². The molecule has 0 heterocycles. The van der Waals surface area contributed by atoms with Crippen LogP contribution in [0.25, 0.3) is 0 Å². The van der Waals surface area contributed by atoms with Crippen molar-refractivity contribution >= 4 is 17.3 Å². The first-order valence-electron chi connectivity index (χ1n) is 6.81. The highest BCUT2D eigenvalue weighted by molar-refractivity contribution is 6.07. The zero-order chi connectivity index (χ0) is 16.7. The highest BCUT2D eigenvalue weighted by atomic mass is 16.5. The number of hydrogen-bond acceptors (Lipinski definition) is 5. The molecule has 0 bridgehead atoms. The summed E-state index contributed by atoms with van der Waals surface area (Å²) in [4.78, 5) is 12.1. The molecule has 0 unspecified atom stereocenters. The second-order valence-corrected chi connectivity index (χ2v) is 4.57. The van der Waals surface area contributed by atoms with Crippen molar-refractivity contribution in [2.45, 2.75) is 0 Å². The largest absolute Gasteiger partial charge is 0.497 e. The van der Waals surface area contributed by atoms with Gasteiger partial charge in [-0.3, -0.25) is 4.79 Å². The van der Waals surface area contributed by atoms with E-state index in [1.807, 2.05) is 12.1 Å². The Balaban J connectivity index is 2.14. The monoisotopic (exact) mass is 308 g/mol. The van der Waals surface area contributed by atoms with E-state index in [4.69, 9.17) is 10.5 Å². The van der Waals surface area contributed by atoms with Crippen molar-refractivity contribution in [3.63, 3.8) is 0 Å². The maximum absolute atomic E-state index is 12.1. The molecule has 0 aliphatic carbocycles. The summed E-state index contributed by atoms with van der Waals surface area (Å²) in [5.74, 6) is 0.101. The van der Waals surface area contributed by atoms with E-state index < -0.39 is 5.91 Å². The topological polar surface area (TPSA) is 100 Å². The van der Waals surface area contributed by atoms with Gasteiger partial charge in [0.05, 0.1) is 7.11 Å². The summed E-state index contributed by atoms with van der Waals surface area (Å²) < 4.78 is 5.06. The highest BCUT2D eigenvalue weighted by Gasteiger charge is 2.14. The first-order valence-corrected chi connectivity index (χ1v) is 6.81. The van der Waals surface area contributed by atoms with E-state index in [0.717, 1.165) is 0 Å². The first-order chi connectivity index (χ1) is 11.1. The van der Waals surface area contributed by atoms with Gasteiger partial charge in [0.25, 0.3) is 5.91 Å². The van der Waals surface area contributed by atoms with Crippen molar-refractivity contribution in [2.24, 2.45) is 5.73 Å². The fourth-order valence-corrected chi connectivity index (χ4v) is 1.84. The number of nitrogens with two attached hydrogens (primary N) is 1. The van der Waals surface area contributed by atoms with Gasteiger partial charge in [0.1, 0.15) is 17.6 Å². The number of rotatable bonds is 5. The second kappa shape index (κ2) is 7.52. The van der Waals surface area contributed by atoms with Gasteiger partial charge >= 0.3 is 0 Å². The molecule has 116 valence electrons. The van der Waals surface area contributed by atoms with Crippen LogP contribution in [0.5, 0.6) is 5.75 Å². The van der Waals surface area contributed by atoms with E-state index in [1.54, 1.807) is 55.6 Å². The standard InChI is InChI=1S/C17H16N4O2/c1-23-14-9-7-13(8-10-14)20-16(19)15(11-18)17(22)21-12-5-3-2-4-6-12/h2-10,20H,19H2,1H3,(H,21,22)/b16-15-.